The summed E-state index contributed by atoms with van der Waals surface area (Å²) in [6, 6.07) is 11.8. The Balaban J connectivity index is 1.78. The predicted molar refractivity (Wildman–Crippen MR) is 123 cm³/mol. The topological polar surface area (TPSA) is 39.1 Å². The molecule has 0 aliphatic carbocycles. The van der Waals surface area contributed by atoms with Gasteiger partial charge in [-0.05, 0) is 72.9 Å². The summed E-state index contributed by atoms with van der Waals surface area (Å²) in [6.45, 7) is 5.62. The van der Waals surface area contributed by atoms with Crippen LogP contribution < -0.4 is 10.2 Å². The van der Waals surface area contributed by atoms with Crippen molar-refractivity contribution in [1.82, 2.24) is 5.32 Å². The Labute approximate surface area is 183 Å². The van der Waals surface area contributed by atoms with Crippen LogP contribution in [-0.4, -0.2) is 20.1 Å². The zero-order chi connectivity index (χ0) is 22.2. The number of rotatable bonds is 7. The maximum Gasteiger partial charge on any atom is 0.129 e. The monoisotopic (exact) mass is 419 g/mol. The van der Waals surface area contributed by atoms with Gasteiger partial charge < -0.3 is 10.2 Å². The lowest BCUT2D eigenvalue weighted by atomic mass is 9.89. The maximum absolute atomic E-state index is 14.0. The number of nitrogens with zero attached hydrogens (tertiary/aromatic N) is 2. The molecule has 0 radical (unpaired) electrons. The molecule has 3 rings (SSSR count). The summed E-state index contributed by atoms with van der Waals surface area (Å²) < 4.78 is 27.2. The third-order valence-corrected chi connectivity index (χ3v) is 5.67. The van der Waals surface area contributed by atoms with Crippen molar-refractivity contribution in [2.24, 2.45) is 5.92 Å². The van der Waals surface area contributed by atoms with Gasteiger partial charge in [-0.3, -0.25) is 0 Å². The number of hydrogen-bond donors (Lipinski definition) is 1. The largest absolute Gasteiger partial charge is 0.394 e. The molecule has 1 fully saturated rings. The zero-order valence-electron chi connectivity index (χ0n) is 17.7. The average molecular weight is 420 g/mol. The molecule has 0 amide bonds. The number of nitrogens with one attached hydrogen (secondary N) is 1. The highest BCUT2D eigenvalue weighted by atomic mass is 19.1. The quantitative estimate of drug-likeness (QED) is 0.594. The van der Waals surface area contributed by atoms with Gasteiger partial charge in [0.15, 0.2) is 0 Å². The van der Waals surface area contributed by atoms with Gasteiger partial charge in [0.2, 0.25) is 0 Å². The van der Waals surface area contributed by atoms with Crippen molar-refractivity contribution in [1.29, 1.82) is 5.26 Å². The summed E-state index contributed by atoms with van der Waals surface area (Å²) in [6.07, 6.45) is 9.96. The predicted octanol–water partition coefficient (Wildman–Crippen LogP) is 5.60. The Morgan fingerprint density at radius 1 is 1.23 bits per heavy atom. The summed E-state index contributed by atoms with van der Waals surface area (Å²) in [7, 11) is 1.83. The average Bonchev–Trinajstić information content (AvgIpc) is 2.79. The van der Waals surface area contributed by atoms with Gasteiger partial charge in [-0.25, -0.2) is 8.78 Å². The van der Waals surface area contributed by atoms with E-state index in [2.05, 4.69) is 22.9 Å². The van der Waals surface area contributed by atoms with Crippen molar-refractivity contribution >= 4 is 11.3 Å². The van der Waals surface area contributed by atoms with E-state index in [0.29, 0.717) is 23.5 Å². The Morgan fingerprint density at radius 3 is 2.65 bits per heavy atom. The lowest BCUT2D eigenvalue weighted by molar-refractivity contribution is 0.397. The van der Waals surface area contributed by atoms with E-state index >= 15 is 0 Å². The van der Waals surface area contributed by atoms with Crippen LogP contribution in [0, 0.1) is 28.9 Å². The van der Waals surface area contributed by atoms with Gasteiger partial charge in [-0.1, -0.05) is 24.8 Å². The van der Waals surface area contributed by atoms with Crippen LogP contribution in [0.3, 0.4) is 0 Å². The summed E-state index contributed by atoms with van der Waals surface area (Å²) in [5.41, 5.74) is 4.15. The van der Waals surface area contributed by atoms with Gasteiger partial charge in [-0.15, -0.1) is 0 Å². The highest BCUT2D eigenvalue weighted by molar-refractivity contribution is 5.84. The molecule has 31 heavy (non-hydrogen) atoms. The number of allylic oxidation sites excluding steroid dienone is 4. The molecule has 1 heterocycles. The number of nitriles is 1. The third-order valence-electron chi connectivity index (χ3n) is 5.67. The Kier molecular flexibility index (Phi) is 7.61. The second kappa shape index (κ2) is 10.6. The Bertz CT molecular complexity index is 1030. The van der Waals surface area contributed by atoms with Crippen molar-refractivity contribution in [2.75, 3.05) is 25.0 Å². The second-order valence-corrected chi connectivity index (χ2v) is 7.69. The molecule has 1 saturated heterocycles. The first-order valence-electron chi connectivity index (χ1n) is 10.5. The van der Waals surface area contributed by atoms with Crippen molar-refractivity contribution in [2.45, 2.75) is 19.3 Å². The van der Waals surface area contributed by atoms with Gasteiger partial charge in [0.05, 0.1) is 11.6 Å². The first-order valence-corrected chi connectivity index (χ1v) is 10.5. The summed E-state index contributed by atoms with van der Waals surface area (Å²) in [5, 5.41) is 12.3. The molecule has 1 aliphatic heterocycles. The second-order valence-electron chi connectivity index (χ2n) is 7.69. The number of anilines is 1. The first kappa shape index (κ1) is 22.3. The van der Waals surface area contributed by atoms with E-state index in [9.17, 15) is 14.0 Å². The summed E-state index contributed by atoms with van der Waals surface area (Å²) in [4.78, 5) is 2.31. The first-order chi connectivity index (χ1) is 15.0. The summed E-state index contributed by atoms with van der Waals surface area (Å²) in [5.74, 6) is -0.654. The van der Waals surface area contributed by atoms with Gasteiger partial charge in [0.25, 0.3) is 0 Å². The minimum Gasteiger partial charge on any atom is -0.394 e. The molecule has 160 valence electrons. The van der Waals surface area contributed by atoms with Gasteiger partial charge in [0, 0.05) is 37.5 Å². The van der Waals surface area contributed by atoms with Gasteiger partial charge in [0.1, 0.15) is 11.6 Å². The third kappa shape index (κ3) is 5.61. The molecule has 0 atom stereocenters. The van der Waals surface area contributed by atoms with E-state index in [-0.39, 0.29) is 0 Å². The Morgan fingerprint density at radius 2 is 2.00 bits per heavy atom. The van der Waals surface area contributed by atoms with Crippen LogP contribution in [0.5, 0.6) is 0 Å². The molecule has 1 N–H and O–H groups in total. The van der Waals surface area contributed by atoms with Gasteiger partial charge >= 0.3 is 0 Å². The van der Waals surface area contributed by atoms with E-state index < -0.39 is 11.6 Å². The van der Waals surface area contributed by atoms with Crippen LogP contribution in [0.2, 0.25) is 0 Å². The molecule has 0 bridgehead atoms. The molecule has 1 aliphatic rings. The number of halogens is 2. The minimum atomic E-state index is -0.542. The summed E-state index contributed by atoms with van der Waals surface area (Å²) >= 11 is 0. The van der Waals surface area contributed by atoms with Crippen LogP contribution in [0.25, 0.3) is 5.57 Å². The molecule has 0 saturated carbocycles. The highest BCUT2D eigenvalue weighted by Gasteiger charge is 2.23. The lowest BCUT2D eigenvalue weighted by Gasteiger charge is -2.35. The standard InChI is InChI=1S/C26H27F2N3/c1-3-21(5-4-12-30-2)24-16-20(18-29)6-9-26(24)31-13-10-19(11-14-31)15-22-7-8-23(27)17-25(22)28/h3-9,12,16-17,19,30H,1,10-11,13-15H2,2H3/b12-4-,21-5+. The molecule has 2 aromatic rings. The van der Waals surface area contributed by atoms with E-state index in [4.69, 9.17) is 0 Å². The smallest absolute Gasteiger partial charge is 0.129 e. The number of hydrogen-bond acceptors (Lipinski definition) is 3. The molecule has 0 unspecified atom stereocenters. The fourth-order valence-corrected chi connectivity index (χ4v) is 4.00. The van der Waals surface area contributed by atoms with E-state index in [1.807, 2.05) is 43.6 Å². The molecule has 2 aromatic carbocycles. The molecule has 0 aromatic heterocycles. The van der Waals surface area contributed by atoms with Crippen LogP contribution >= 0.6 is 0 Å². The number of benzene rings is 2. The van der Waals surface area contributed by atoms with Crippen LogP contribution in [0.4, 0.5) is 14.5 Å². The van der Waals surface area contributed by atoms with Gasteiger partial charge in [-0.2, -0.15) is 5.26 Å². The van der Waals surface area contributed by atoms with E-state index in [0.717, 1.165) is 48.8 Å². The van der Waals surface area contributed by atoms with E-state index in [1.54, 1.807) is 12.1 Å². The lowest BCUT2D eigenvalue weighted by Crippen LogP contribution is -2.35. The van der Waals surface area contributed by atoms with Crippen molar-refractivity contribution in [3.8, 4) is 6.07 Å². The van der Waals surface area contributed by atoms with Crippen molar-refractivity contribution < 1.29 is 8.78 Å². The molecule has 3 nitrogen and oxygen atoms in total. The SMILES string of the molecule is C=C/C(=C\C=C/NC)c1cc(C#N)ccc1N1CCC(Cc2ccc(F)cc2F)CC1. The normalized spacial score (nSPS) is 15.2. The molecular weight excluding hydrogens is 392 g/mol. The van der Waals surface area contributed by atoms with Crippen molar-refractivity contribution in [3.63, 3.8) is 0 Å². The van der Waals surface area contributed by atoms with Crippen LogP contribution in [0.15, 0.2) is 67.4 Å². The zero-order valence-corrected chi connectivity index (χ0v) is 17.7. The highest BCUT2D eigenvalue weighted by Crippen LogP contribution is 2.33. The molecule has 5 heteroatoms. The number of piperidine rings is 1. The molecular formula is C26H27F2N3. The fourth-order valence-electron chi connectivity index (χ4n) is 4.00. The Hall–Kier alpha value is -3.39. The fraction of sp³-hybridized carbons (Fsp3) is 0.269. The molecule has 0 spiro atoms. The van der Waals surface area contributed by atoms with Crippen molar-refractivity contribution in [3.05, 3.63) is 95.7 Å². The van der Waals surface area contributed by atoms with Crippen LogP contribution in [0.1, 0.15) is 29.5 Å². The van der Waals surface area contributed by atoms with E-state index in [1.165, 1.54) is 6.07 Å². The maximum atomic E-state index is 14.0. The van der Waals surface area contributed by atoms with Crippen LogP contribution in [-0.2, 0) is 6.42 Å². The minimum absolute atomic E-state index is 0.353.